The molecule has 0 radical (unpaired) electrons. The van der Waals surface area contributed by atoms with Gasteiger partial charge in [0.2, 0.25) is 0 Å². The SMILES string of the molecule is CC(C)C1CCCN1c1ccccc1C(N)=NO. The second-order valence-corrected chi connectivity index (χ2v) is 5.15. The Morgan fingerprint density at radius 3 is 2.83 bits per heavy atom. The van der Waals surface area contributed by atoms with Gasteiger partial charge < -0.3 is 15.8 Å². The van der Waals surface area contributed by atoms with Crippen LogP contribution in [-0.2, 0) is 0 Å². The van der Waals surface area contributed by atoms with Crippen LogP contribution in [0.3, 0.4) is 0 Å². The number of para-hydroxylation sites is 1. The molecule has 1 heterocycles. The summed E-state index contributed by atoms with van der Waals surface area (Å²) in [5.41, 5.74) is 7.64. The second-order valence-electron chi connectivity index (χ2n) is 5.15. The topological polar surface area (TPSA) is 61.8 Å². The van der Waals surface area contributed by atoms with Crippen molar-refractivity contribution < 1.29 is 5.21 Å². The molecule has 1 atom stereocenters. The molecule has 4 heteroatoms. The Kier molecular flexibility index (Phi) is 3.75. The fourth-order valence-corrected chi connectivity index (χ4v) is 2.78. The molecule has 0 aromatic heterocycles. The van der Waals surface area contributed by atoms with Gasteiger partial charge in [-0.1, -0.05) is 31.1 Å². The Morgan fingerprint density at radius 1 is 1.44 bits per heavy atom. The third-order valence-electron chi connectivity index (χ3n) is 3.67. The minimum Gasteiger partial charge on any atom is -0.409 e. The summed E-state index contributed by atoms with van der Waals surface area (Å²) >= 11 is 0. The average molecular weight is 247 g/mol. The summed E-state index contributed by atoms with van der Waals surface area (Å²) in [5, 5.41) is 12.0. The Hall–Kier alpha value is -1.71. The van der Waals surface area contributed by atoms with Crippen molar-refractivity contribution >= 4 is 11.5 Å². The standard InChI is InChI=1S/C14H21N3O/c1-10(2)12-8-5-9-17(12)13-7-4-3-6-11(13)14(15)16-18/h3-4,6-7,10,12,18H,5,8-9H2,1-2H3,(H2,15,16). The van der Waals surface area contributed by atoms with E-state index in [0.29, 0.717) is 12.0 Å². The predicted molar refractivity (Wildman–Crippen MR) is 74.2 cm³/mol. The highest BCUT2D eigenvalue weighted by Crippen LogP contribution is 2.31. The zero-order valence-electron chi connectivity index (χ0n) is 11.0. The van der Waals surface area contributed by atoms with E-state index in [2.05, 4.69) is 23.9 Å². The average Bonchev–Trinajstić information content (AvgIpc) is 2.87. The number of hydrogen-bond donors (Lipinski definition) is 2. The molecule has 1 unspecified atom stereocenters. The van der Waals surface area contributed by atoms with Gasteiger partial charge in [-0.05, 0) is 30.9 Å². The van der Waals surface area contributed by atoms with Crippen LogP contribution in [0.25, 0.3) is 0 Å². The Labute approximate surface area is 108 Å². The first-order valence-electron chi connectivity index (χ1n) is 6.48. The van der Waals surface area contributed by atoms with Gasteiger partial charge >= 0.3 is 0 Å². The van der Waals surface area contributed by atoms with Crippen LogP contribution in [0, 0.1) is 5.92 Å². The van der Waals surface area contributed by atoms with E-state index in [1.165, 1.54) is 12.8 Å². The number of hydrogen-bond acceptors (Lipinski definition) is 3. The van der Waals surface area contributed by atoms with Crippen molar-refractivity contribution in [2.45, 2.75) is 32.7 Å². The number of anilines is 1. The summed E-state index contributed by atoms with van der Waals surface area (Å²) < 4.78 is 0. The maximum Gasteiger partial charge on any atom is 0.172 e. The van der Waals surface area contributed by atoms with Crippen molar-refractivity contribution in [1.82, 2.24) is 0 Å². The highest BCUT2D eigenvalue weighted by molar-refractivity contribution is 6.02. The van der Waals surface area contributed by atoms with Crippen LogP contribution >= 0.6 is 0 Å². The van der Waals surface area contributed by atoms with E-state index in [9.17, 15) is 0 Å². The number of nitrogens with two attached hydrogens (primary N) is 1. The third-order valence-corrected chi connectivity index (χ3v) is 3.67. The van der Waals surface area contributed by atoms with Crippen LogP contribution in [0.4, 0.5) is 5.69 Å². The van der Waals surface area contributed by atoms with Gasteiger partial charge in [-0.25, -0.2) is 0 Å². The van der Waals surface area contributed by atoms with E-state index in [-0.39, 0.29) is 5.84 Å². The molecule has 3 N–H and O–H groups in total. The summed E-state index contributed by atoms with van der Waals surface area (Å²) in [4.78, 5) is 2.39. The minimum atomic E-state index is 0.181. The summed E-state index contributed by atoms with van der Waals surface area (Å²) in [6.45, 7) is 5.53. The van der Waals surface area contributed by atoms with E-state index >= 15 is 0 Å². The molecule has 1 aromatic rings. The molecule has 0 spiro atoms. The normalized spacial score (nSPS) is 20.7. The lowest BCUT2D eigenvalue weighted by atomic mass is 10.0. The molecule has 1 fully saturated rings. The summed E-state index contributed by atoms with van der Waals surface area (Å²) in [7, 11) is 0. The van der Waals surface area contributed by atoms with Gasteiger partial charge in [0.15, 0.2) is 5.84 Å². The molecule has 2 rings (SSSR count). The number of benzene rings is 1. The molecule has 0 saturated carbocycles. The first-order valence-corrected chi connectivity index (χ1v) is 6.48. The van der Waals surface area contributed by atoms with Gasteiger partial charge in [-0.3, -0.25) is 0 Å². The molecule has 1 saturated heterocycles. The van der Waals surface area contributed by atoms with Gasteiger partial charge in [0.1, 0.15) is 0 Å². The van der Waals surface area contributed by atoms with Crippen molar-refractivity contribution in [1.29, 1.82) is 0 Å². The van der Waals surface area contributed by atoms with Crippen LogP contribution < -0.4 is 10.6 Å². The van der Waals surface area contributed by atoms with E-state index in [1.54, 1.807) is 0 Å². The van der Waals surface area contributed by atoms with E-state index in [4.69, 9.17) is 10.9 Å². The summed E-state index contributed by atoms with van der Waals surface area (Å²) in [6.07, 6.45) is 2.41. The lowest BCUT2D eigenvalue weighted by Gasteiger charge is -2.31. The first kappa shape index (κ1) is 12.7. The number of nitrogens with zero attached hydrogens (tertiary/aromatic N) is 2. The molecule has 4 nitrogen and oxygen atoms in total. The highest BCUT2D eigenvalue weighted by atomic mass is 16.4. The Bertz CT molecular complexity index is 442. The van der Waals surface area contributed by atoms with Gasteiger partial charge in [0.25, 0.3) is 0 Å². The Morgan fingerprint density at radius 2 is 2.17 bits per heavy atom. The molecule has 1 aromatic carbocycles. The van der Waals surface area contributed by atoms with Gasteiger partial charge in [0, 0.05) is 23.8 Å². The molecule has 0 aliphatic carbocycles. The molecule has 0 amide bonds. The van der Waals surface area contributed by atoms with Crippen molar-refractivity contribution in [2.75, 3.05) is 11.4 Å². The molecule has 98 valence electrons. The lowest BCUT2D eigenvalue weighted by Crippen LogP contribution is -2.35. The smallest absolute Gasteiger partial charge is 0.172 e. The highest BCUT2D eigenvalue weighted by Gasteiger charge is 2.28. The molecule has 1 aliphatic heterocycles. The second kappa shape index (κ2) is 5.29. The number of oxime groups is 1. The van der Waals surface area contributed by atoms with Crippen molar-refractivity contribution in [2.24, 2.45) is 16.8 Å². The predicted octanol–water partition coefficient (Wildman–Crippen LogP) is 2.41. The summed E-state index contributed by atoms with van der Waals surface area (Å²) in [6, 6.07) is 8.41. The number of amidine groups is 1. The Balaban J connectivity index is 2.38. The zero-order valence-corrected chi connectivity index (χ0v) is 11.0. The number of rotatable bonds is 3. The van der Waals surface area contributed by atoms with Gasteiger partial charge in [0.05, 0.1) is 0 Å². The lowest BCUT2D eigenvalue weighted by molar-refractivity contribution is 0.318. The summed E-state index contributed by atoms with van der Waals surface area (Å²) in [5.74, 6) is 0.785. The van der Waals surface area contributed by atoms with Crippen LogP contribution in [0.1, 0.15) is 32.3 Å². The van der Waals surface area contributed by atoms with Crippen LogP contribution in [0.15, 0.2) is 29.4 Å². The monoisotopic (exact) mass is 247 g/mol. The van der Waals surface area contributed by atoms with E-state index < -0.39 is 0 Å². The minimum absolute atomic E-state index is 0.181. The van der Waals surface area contributed by atoms with Gasteiger partial charge in [-0.15, -0.1) is 0 Å². The fraction of sp³-hybridized carbons (Fsp3) is 0.500. The fourth-order valence-electron chi connectivity index (χ4n) is 2.78. The first-order chi connectivity index (χ1) is 8.65. The molecular weight excluding hydrogens is 226 g/mol. The van der Waals surface area contributed by atoms with Crippen LogP contribution in [0.5, 0.6) is 0 Å². The maximum absolute atomic E-state index is 8.87. The van der Waals surface area contributed by atoms with Crippen molar-refractivity contribution in [3.8, 4) is 0 Å². The van der Waals surface area contributed by atoms with Crippen LogP contribution in [0.2, 0.25) is 0 Å². The molecule has 18 heavy (non-hydrogen) atoms. The molecular formula is C14H21N3O. The van der Waals surface area contributed by atoms with E-state index in [1.807, 2.05) is 24.3 Å². The van der Waals surface area contributed by atoms with Crippen molar-refractivity contribution in [3.63, 3.8) is 0 Å². The van der Waals surface area contributed by atoms with E-state index in [0.717, 1.165) is 17.8 Å². The largest absolute Gasteiger partial charge is 0.409 e. The zero-order chi connectivity index (χ0) is 13.1. The van der Waals surface area contributed by atoms with Crippen molar-refractivity contribution in [3.05, 3.63) is 29.8 Å². The van der Waals surface area contributed by atoms with Crippen LogP contribution in [-0.4, -0.2) is 23.6 Å². The molecule has 0 bridgehead atoms. The third kappa shape index (κ3) is 2.28. The molecule has 1 aliphatic rings. The maximum atomic E-state index is 8.87. The van der Waals surface area contributed by atoms with Gasteiger partial charge in [-0.2, -0.15) is 0 Å². The quantitative estimate of drug-likeness (QED) is 0.373.